The highest BCUT2D eigenvalue weighted by molar-refractivity contribution is 5.94. The number of piperidine rings is 1. The molecule has 1 atom stereocenters. The van der Waals surface area contributed by atoms with Gasteiger partial charge in [-0.25, -0.2) is 0 Å². The maximum atomic E-state index is 12.5. The molecule has 2 aromatic carbocycles. The molecule has 160 valence electrons. The molecule has 0 aliphatic carbocycles. The highest BCUT2D eigenvalue weighted by atomic mass is 16.5. The van der Waals surface area contributed by atoms with E-state index >= 15 is 0 Å². The summed E-state index contributed by atoms with van der Waals surface area (Å²) < 4.78 is 11.0. The van der Waals surface area contributed by atoms with Crippen molar-refractivity contribution < 1.29 is 19.1 Å². The van der Waals surface area contributed by atoms with Gasteiger partial charge in [0, 0.05) is 38.6 Å². The SMILES string of the molecule is COCCC(=O)N1CCC(Oc2ccc(C(=O)NC(C)c3ccccc3)cc2)CC1. The molecule has 1 aliphatic rings. The number of amides is 2. The summed E-state index contributed by atoms with van der Waals surface area (Å²) in [5.41, 5.74) is 1.67. The zero-order valence-electron chi connectivity index (χ0n) is 17.7. The van der Waals surface area contributed by atoms with E-state index in [9.17, 15) is 9.59 Å². The number of nitrogens with zero attached hydrogens (tertiary/aromatic N) is 1. The first-order valence-electron chi connectivity index (χ1n) is 10.5. The van der Waals surface area contributed by atoms with E-state index in [2.05, 4.69) is 5.32 Å². The van der Waals surface area contributed by atoms with Crippen LogP contribution in [0.5, 0.6) is 5.75 Å². The molecule has 6 heteroatoms. The third-order valence-electron chi connectivity index (χ3n) is 5.38. The van der Waals surface area contributed by atoms with E-state index < -0.39 is 0 Å². The third-order valence-corrected chi connectivity index (χ3v) is 5.38. The third kappa shape index (κ3) is 6.07. The van der Waals surface area contributed by atoms with Gasteiger partial charge < -0.3 is 19.7 Å². The number of methoxy groups -OCH3 is 1. The molecule has 0 aromatic heterocycles. The van der Waals surface area contributed by atoms with Crippen molar-refractivity contribution in [3.63, 3.8) is 0 Å². The summed E-state index contributed by atoms with van der Waals surface area (Å²) in [5, 5.41) is 3.02. The largest absolute Gasteiger partial charge is 0.490 e. The monoisotopic (exact) mass is 410 g/mol. The van der Waals surface area contributed by atoms with Crippen LogP contribution in [-0.2, 0) is 9.53 Å². The first-order valence-corrected chi connectivity index (χ1v) is 10.5. The van der Waals surface area contributed by atoms with E-state index in [0.29, 0.717) is 31.7 Å². The molecule has 1 N–H and O–H groups in total. The Morgan fingerprint density at radius 2 is 1.73 bits per heavy atom. The van der Waals surface area contributed by atoms with Gasteiger partial charge in [-0.2, -0.15) is 0 Å². The fourth-order valence-corrected chi connectivity index (χ4v) is 3.55. The number of nitrogens with one attached hydrogen (secondary N) is 1. The minimum absolute atomic E-state index is 0.0635. The summed E-state index contributed by atoms with van der Waals surface area (Å²) >= 11 is 0. The standard InChI is InChI=1S/C24H30N2O4/c1-18(19-6-4-3-5-7-19)25-24(28)20-8-10-21(11-9-20)30-22-12-15-26(16-13-22)23(27)14-17-29-2/h3-11,18,22H,12-17H2,1-2H3,(H,25,28). The van der Waals surface area contributed by atoms with Crippen molar-refractivity contribution in [2.24, 2.45) is 0 Å². The topological polar surface area (TPSA) is 67.9 Å². The van der Waals surface area contributed by atoms with Crippen molar-refractivity contribution in [3.8, 4) is 5.75 Å². The number of carbonyl (C=O) groups excluding carboxylic acids is 2. The van der Waals surface area contributed by atoms with E-state index in [1.54, 1.807) is 19.2 Å². The number of hydrogen-bond donors (Lipinski definition) is 1. The highest BCUT2D eigenvalue weighted by Gasteiger charge is 2.23. The van der Waals surface area contributed by atoms with Crippen LogP contribution >= 0.6 is 0 Å². The maximum absolute atomic E-state index is 12.5. The smallest absolute Gasteiger partial charge is 0.251 e. The van der Waals surface area contributed by atoms with Gasteiger partial charge in [0.2, 0.25) is 5.91 Å². The van der Waals surface area contributed by atoms with E-state index in [1.165, 1.54) is 0 Å². The Balaban J connectivity index is 1.47. The lowest BCUT2D eigenvalue weighted by Crippen LogP contribution is -2.42. The summed E-state index contributed by atoms with van der Waals surface area (Å²) in [6.45, 7) is 3.83. The maximum Gasteiger partial charge on any atom is 0.251 e. The first-order chi connectivity index (χ1) is 14.6. The number of benzene rings is 2. The van der Waals surface area contributed by atoms with Crippen LogP contribution in [0.2, 0.25) is 0 Å². The van der Waals surface area contributed by atoms with E-state index in [1.807, 2.05) is 54.3 Å². The van der Waals surface area contributed by atoms with E-state index in [-0.39, 0.29) is 24.0 Å². The summed E-state index contributed by atoms with van der Waals surface area (Å²) in [4.78, 5) is 26.4. The number of likely N-dealkylation sites (tertiary alicyclic amines) is 1. The minimum atomic E-state index is -0.110. The molecule has 1 saturated heterocycles. The molecule has 1 heterocycles. The highest BCUT2D eigenvalue weighted by Crippen LogP contribution is 2.21. The molecule has 2 aromatic rings. The molecule has 1 unspecified atom stereocenters. The second-order valence-electron chi connectivity index (χ2n) is 7.57. The van der Waals surface area contributed by atoms with Gasteiger partial charge in [0.15, 0.2) is 0 Å². The number of rotatable bonds is 8. The molecule has 3 rings (SSSR count). The number of hydrogen-bond acceptors (Lipinski definition) is 4. The Hall–Kier alpha value is -2.86. The molecule has 0 radical (unpaired) electrons. The molecule has 0 saturated carbocycles. The van der Waals surface area contributed by atoms with Crippen LogP contribution in [0.25, 0.3) is 0 Å². The average molecular weight is 411 g/mol. The van der Waals surface area contributed by atoms with Crippen molar-refractivity contribution in [1.82, 2.24) is 10.2 Å². The lowest BCUT2D eigenvalue weighted by molar-refractivity contribution is -0.133. The van der Waals surface area contributed by atoms with Gasteiger partial charge in [0.25, 0.3) is 5.91 Å². The Bertz CT molecular complexity index is 815. The predicted octanol–water partition coefficient (Wildman–Crippen LogP) is 3.58. The summed E-state index contributed by atoms with van der Waals surface area (Å²) in [6.07, 6.45) is 2.11. The quantitative estimate of drug-likeness (QED) is 0.722. The number of carbonyl (C=O) groups is 2. The molecule has 2 amide bonds. The lowest BCUT2D eigenvalue weighted by atomic mass is 10.1. The Morgan fingerprint density at radius 1 is 1.07 bits per heavy atom. The minimum Gasteiger partial charge on any atom is -0.490 e. The molecule has 6 nitrogen and oxygen atoms in total. The summed E-state index contributed by atoms with van der Waals surface area (Å²) in [6, 6.07) is 17.0. The van der Waals surface area contributed by atoms with Gasteiger partial charge in [0.1, 0.15) is 11.9 Å². The lowest BCUT2D eigenvalue weighted by Gasteiger charge is -2.32. The normalized spacial score (nSPS) is 15.5. The van der Waals surface area contributed by atoms with Crippen LogP contribution in [0, 0.1) is 0 Å². The van der Waals surface area contributed by atoms with Crippen LogP contribution in [0.4, 0.5) is 0 Å². The van der Waals surface area contributed by atoms with Crippen LogP contribution in [-0.4, -0.2) is 49.6 Å². The van der Waals surface area contributed by atoms with Gasteiger partial charge in [-0.05, 0) is 36.8 Å². The molecule has 1 fully saturated rings. The van der Waals surface area contributed by atoms with Gasteiger partial charge in [-0.15, -0.1) is 0 Å². The van der Waals surface area contributed by atoms with Gasteiger partial charge >= 0.3 is 0 Å². The van der Waals surface area contributed by atoms with Gasteiger partial charge in [-0.3, -0.25) is 9.59 Å². The van der Waals surface area contributed by atoms with Crippen molar-refractivity contribution >= 4 is 11.8 Å². The summed E-state index contributed by atoms with van der Waals surface area (Å²) in [7, 11) is 1.60. The molecule has 30 heavy (non-hydrogen) atoms. The first kappa shape index (κ1) is 21.8. The second kappa shape index (κ2) is 10.8. The van der Waals surface area contributed by atoms with Crippen LogP contribution in [0.3, 0.4) is 0 Å². The molecular weight excluding hydrogens is 380 g/mol. The number of ether oxygens (including phenoxy) is 2. The van der Waals surface area contributed by atoms with Crippen LogP contribution in [0.15, 0.2) is 54.6 Å². The zero-order valence-corrected chi connectivity index (χ0v) is 17.7. The molecule has 0 spiro atoms. The van der Waals surface area contributed by atoms with Crippen molar-refractivity contribution in [3.05, 3.63) is 65.7 Å². The molecular formula is C24H30N2O4. The fraction of sp³-hybridized carbons (Fsp3) is 0.417. The Kier molecular flexibility index (Phi) is 7.85. The molecule has 0 bridgehead atoms. The Morgan fingerprint density at radius 3 is 2.37 bits per heavy atom. The van der Waals surface area contributed by atoms with Crippen molar-refractivity contribution in [1.29, 1.82) is 0 Å². The van der Waals surface area contributed by atoms with Gasteiger partial charge in [-0.1, -0.05) is 30.3 Å². The van der Waals surface area contributed by atoms with Crippen molar-refractivity contribution in [2.45, 2.75) is 38.3 Å². The zero-order chi connectivity index (χ0) is 21.3. The second-order valence-corrected chi connectivity index (χ2v) is 7.57. The summed E-state index contributed by atoms with van der Waals surface area (Å²) in [5.74, 6) is 0.767. The molecule has 1 aliphatic heterocycles. The predicted molar refractivity (Wildman–Crippen MR) is 115 cm³/mol. The van der Waals surface area contributed by atoms with E-state index in [0.717, 1.165) is 24.2 Å². The Labute approximate surface area is 178 Å². The fourth-order valence-electron chi connectivity index (χ4n) is 3.55. The van der Waals surface area contributed by atoms with Gasteiger partial charge in [0.05, 0.1) is 19.1 Å². The average Bonchev–Trinajstić information content (AvgIpc) is 2.79. The van der Waals surface area contributed by atoms with Crippen LogP contribution in [0.1, 0.15) is 48.1 Å². The van der Waals surface area contributed by atoms with Crippen molar-refractivity contribution in [2.75, 3.05) is 26.8 Å². The van der Waals surface area contributed by atoms with E-state index in [4.69, 9.17) is 9.47 Å². The van der Waals surface area contributed by atoms with Crippen LogP contribution < -0.4 is 10.1 Å².